The van der Waals surface area contributed by atoms with Crippen LogP contribution in [0.5, 0.6) is 0 Å². The van der Waals surface area contributed by atoms with Crippen LogP contribution in [0, 0.1) is 5.41 Å². The molecule has 0 radical (unpaired) electrons. The summed E-state index contributed by atoms with van der Waals surface area (Å²) in [6.45, 7) is 3.60. The molecule has 3 aromatic rings. The lowest BCUT2D eigenvalue weighted by Gasteiger charge is -2.15. The number of nitrogens with one attached hydrogen (secondary N) is 2. The van der Waals surface area contributed by atoms with E-state index in [1.54, 1.807) is 22.9 Å². The molecule has 1 fully saturated rings. The van der Waals surface area contributed by atoms with Crippen LogP contribution in [0.15, 0.2) is 35.3 Å². The number of fused-ring (bicyclic) bond motifs is 2. The maximum Gasteiger partial charge on any atom is 0.267 e. The average Bonchev–Trinajstić information content (AvgIpc) is 3.22. The van der Waals surface area contributed by atoms with Gasteiger partial charge in [0.1, 0.15) is 16.8 Å². The van der Waals surface area contributed by atoms with Crippen molar-refractivity contribution in [2.24, 2.45) is 0 Å². The first-order chi connectivity index (χ1) is 13.6. The van der Waals surface area contributed by atoms with Crippen molar-refractivity contribution in [3.05, 3.63) is 51.9 Å². The van der Waals surface area contributed by atoms with Crippen LogP contribution >= 0.6 is 0 Å². The van der Waals surface area contributed by atoms with E-state index in [0.29, 0.717) is 36.4 Å². The van der Waals surface area contributed by atoms with E-state index in [1.165, 1.54) is 10.5 Å². The zero-order valence-electron chi connectivity index (χ0n) is 15.8. The van der Waals surface area contributed by atoms with Crippen LogP contribution in [0.2, 0.25) is 0 Å². The third-order valence-electron chi connectivity index (χ3n) is 5.02. The summed E-state index contributed by atoms with van der Waals surface area (Å²) in [5, 5.41) is 11.7. The summed E-state index contributed by atoms with van der Waals surface area (Å²) >= 11 is 0. The van der Waals surface area contributed by atoms with Gasteiger partial charge in [-0.05, 0) is 37.5 Å². The number of hydrogen-bond donors (Lipinski definition) is 2. The minimum Gasteiger partial charge on any atom is -0.376 e. The molecule has 1 aliphatic heterocycles. The molecule has 1 atom stereocenters. The van der Waals surface area contributed by atoms with E-state index >= 15 is 0 Å². The van der Waals surface area contributed by atoms with E-state index in [9.17, 15) is 9.59 Å². The quantitative estimate of drug-likeness (QED) is 0.653. The van der Waals surface area contributed by atoms with Crippen LogP contribution in [0.25, 0.3) is 16.7 Å². The summed E-state index contributed by atoms with van der Waals surface area (Å²) in [4.78, 5) is 30.3. The topological polar surface area (TPSA) is 101 Å². The van der Waals surface area contributed by atoms with Gasteiger partial charge in [-0.25, -0.2) is 4.98 Å². The van der Waals surface area contributed by atoms with Crippen molar-refractivity contribution >= 4 is 22.6 Å². The Bertz CT molecular complexity index is 1160. The Morgan fingerprint density at radius 1 is 1.43 bits per heavy atom. The van der Waals surface area contributed by atoms with Crippen LogP contribution in [-0.4, -0.2) is 39.1 Å². The highest BCUT2D eigenvalue weighted by Crippen LogP contribution is 2.12. The van der Waals surface area contributed by atoms with Crippen LogP contribution in [-0.2, 0) is 11.3 Å². The van der Waals surface area contributed by atoms with Crippen LogP contribution < -0.4 is 16.4 Å². The van der Waals surface area contributed by atoms with Gasteiger partial charge in [0.15, 0.2) is 0 Å². The highest BCUT2D eigenvalue weighted by molar-refractivity contribution is 5.96. The molecule has 4 rings (SSSR count). The molecular formula is C20H23N5O3. The molecular weight excluding hydrogens is 358 g/mol. The van der Waals surface area contributed by atoms with Crippen molar-refractivity contribution in [1.29, 1.82) is 5.41 Å². The largest absolute Gasteiger partial charge is 0.376 e. The third-order valence-corrected chi connectivity index (χ3v) is 5.02. The second-order valence-corrected chi connectivity index (χ2v) is 6.99. The van der Waals surface area contributed by atoms with Gasteiger partial charge in [0.25, 0.3) is 11.5 Å². The van der Waals surface area contributed by atoms with Gasteiger partial charge in [0.2, 0.25) is 0 Å². The molecule has 1 amide bonds. The smallest absolute Gasteiger partial charge is 0.267 e. The van der Waals surface area contributed by atoms with Gasteiger partial charge in [-0.15, -0.1) is 0 Å². The van der Waals surface area contributed by atoms with Crippen LogP contribution in [0.1, 0.15) is 36.5 Å². The Balaban J connectivity index is 1.84. The van der Waals surface area contributed by atoms with Crippen LogP contribution in [0.3, 0.4) is 0 Å². The molecule has 146 valence electrons. The molecule has 3 aromatic heterocycles. The Morgan fingerprint density at radius 2 is 2.29 bits per heavy atom. The zero-order chi connectivity index (χ0) is 19.7. The SMILES string of the molecule is CCCn1c(=N)c(C(=O)NCC2CCCO2)cc2c(=O)n3ccccc3nc21. The van der Waals surface area contributed by atoms with Gasteiger partial charge in [0.05, 0.1) is 17.1 Å². The van der Waals surface area contributed by atoms with Crippen molar-refractivity contribution < 1.29 is 9.53 Å². The van der Waals surface area contributed by atoms with E-state index in [2.05, 4.69) is 10.3 Å². The number of ether oxygens (including phenoxy) is 1. The van der Waals surface area contributed by atoms with E-state index in [-0.39, 0.29) is 28.6 Å². The second kappa shape index (κ2) is 7.55. The van der Waals surface area contributed by atoms with E-state index in [1.807, 2.05) is 13.0 Å². The van der Waals surface area contributed by atoms with E-state index in [0.717, 1.165) is 19.3 Å². The van der Waals surface area contributed by atoms with Crippen molar-refractivity contribution in [2.75, 3.05) is 13.2 Å². The second-order valence-electron chi connectivity index (χ2n) is 6.99. The lowest BCUT2D eigenvalue weighted by Crippen LogP contribution is -2.37. The highest BCUT2D eigenvalue weighted by atomic mass is 16.5. The molecule has 0 aromatic carbocycles. The lowest BCUT2D eigenvalue weighted by atomic mass is 10.1. The van der Waals surface area contributed by atoms with Crippen molar-refractivity contribution in [3.8, 4) is 0 Å². The molecule has 8 heteroatoms. The van der Waals surface area contributed by atoms with Gasteiger partial charge in [0, 0.05) is 25.9 Å². The number of nitrogens with zero attached hydrogens (tertiary/aromatic N) is 3. The minimum absolute atomic E-state index is 0.0117. The number of aryl methyl sites for hydroxylation is 1. The molecule has 0 aliphatic carbocycles. The maximum absolute atomic E-state index is 13.0. The van der Waals surface area contributed by atoms with E-state index in [4.69, 9.17) is 10.1 Å². The minimum atomic E-state index is -0.371. The summed E-state index contributed by atoms with van der Waals surface area (Å²) in [7, 11) is 0. The Morgan fingerprint density at radius 3 is 3.04 bits per heavy atom. The van der Waals surface area contributed by atoms with Crippen molar-refractivity contribution in [2.45, 2.75) is 38.8 Å². The average molecular weight is 381 g/mol. The molecule has 0 spiro atoms. The first kappa shape index (κ1) is 18.4. The predicted octanol–water partition coefficient (Wildman–Crippen LogP) is 1.45. The van der Waals surface area contributed by atoms with E-state index < -0.39 is 0 Å². The zero-order valence-corrected chi connectivity index (χ0v) is 15.8. The lowest BCUT2D eigenvalue weighted by molar-refractivity contribution is 0.0856. The Hall–Kier alpha value is -3.00. The fourth-order valence-corrected chi connectivity index (χ4v) is 3.61. The number of carbonyl (C=O) groups excluding carboxylic acids is 1. The molecule has 1 aliphatic rings. The Labute approximate surface area is 161 Å². The van der Waals surface area contributed by atoms with Gasteiger partial charge >= 0.3 is 0 Å². The molecule has 0 bridgehead atoms. The first-order valence-corrected chi connectivity index (χ1v) is 9.59. The maximum atomic E-state index is 13.0. The molecule has 2 N–H and O–H groups in total. The predicted molar refractivity (Wildman–Crippen MR) is 104 cm³/mol. The van der Waals surface area contributed by atoms with Gasteiger partial charge in [-0.3, -0.25) is 19.4 Å². The highest BCUT2D eigenvalue weighted by Gasteiger charge is 2.20. The third kappa shape index (κ3) is 3.20. The Kier molecular flexibility index (Phi) is 4.95. The number of rotatable bonds is 5. The molecule has 1 saturated heterocycles. The molecule has 0 saturated carbocycles. The fraction of sp³-hybridized carbons (Fsp3) is 0.400. The summed E-state index contributed by atoms with van der Waals surface area (Å²) in [6, 6.07) is 6.81. The van der Waals surface area contributed by atoms with Crippen molar-refractivity contribution in [3.63, 3.8) is 0 Å². The van der Waals surface area contributed by atoms with Gasteiger partial charge in [-0.2, -0.15) is 0 Å². The van der Waals surface area contributed by atoms with Gasteiger partial charge in [-0.1, -0.05) is 13.0 Å². The monoisotopic (exact) mass is 381 g/mol. The van der Waals surface area contributed by atoms with Gasteiger partial charge < -0.3 is 14.6 Å². The summed E-state index contributed by atoms with van der Waals surface area (Å²) < 4.78 is 8.64. The summed E-state index contributed by atoms with van der Waals surface area (Å²) in [5.41, 5.74) is 0.928. The normalized spacial score (nSPS) is 16.7. The molecule has 4 heterocycles. The number of aromatic nitrogens is 3. The summed E-state index contributed by atoms with van der Waals surface area (Å²) in [6.07, 6.45) is 4.32. The number of amides is 1. The number of pyridine rings is 2. The number of carbonyl (C=O) groups is 1. The standard InChI is InChI=1S/C20H23N5O3/c1-2-8-25-17(21)14(19(26)22-12-13-6-5-10-28-13)11-15-18(25)23-16-7-3-4-9-24(16)20(15)27/h3-4,7,9,11,13,21H,2,5-6,8,10,12H2,1H3,(H,22,26). The van der Waals surface area contributed by atoms with Crippen molar-refractivity contribution in [1.82, 2.24) is 19.3 Å². The number of hydrogen-bond acceptors (Lipinski definition) is 5. The fourth-order valence-electron chi connectivity index (χ4n) is 3.61. The molecule has 28 heavy (non-hydrogen) atoms. The summed E-state index contributed by atoms with van der Waals surface area (Å²) in [5.74, 6) is -0.371. The van der Waals surface area contributed by atoms with Crippen LogP contribution in [0.4, 0.5) is 0 Å². The first-order valence-electron chi connectivity index (χ1n) is 9.59. The molecule has 8 nitrogen and oxygen atoms in total. The molecule has 1 unspecified atom stereocenters.